The van der Waals surface area contributed by atoms with Gasteiger partial charge in [-0.05, 0) is 39.8 Å². The van der Waals surface area contributed by atoms with Crippen molar-refractivity contribution in [3.8, 4) is 0 Å². The molecule has 1 rings (SSSR count). The summed E-state index contributed by atoms with van der Waals surface area (Å²) in [4.78, 5) is 34.6. The van der Waals surface area contributed by atoms with E-state index in [0.29, 0.717) is 5.76 Å². The number of aryl methyl sites for hydroxylation is 1. The summed E-state index contributed by atoms with van der Waals surface area (Å²) in [6.45, 7) is 6.67. The fourth-order valence-corrected chi connectivity index (χ4v) is 1.54. The van der Waals surface area contributed by atoms with Gasteiger partial charge in [0.1, 0.15) is 17.4 Å². The van der Waals surface area contributed by atoms with Gasteiger partial charge < -0.3 is 19.6 Å². The second kappa shape index (κ2) is 6.43. The molecular weight excluding hydrogens is 278 g/mol. The average Bonchev–Trinajstić information content (AvgIpc) is 2.72. The molecule has 7 heteroatoms. The van der Waals surface area contributed by atoms with Gasteiger partial charge in [0.05, 0.1) is 6.42 Å². The first kappa shape index (κ1) is 16.7. The molecule has 1 atom stereocenters. The number of carboxylic acid groups (broad SMARTS) is 1. The third kappa shape index (κ3) is 5.68. The van der Waals surface area contributed by atoms with E-state index in [1.54, 1.807) is 33.8 Å². The molecule has 1 aromatic heterocycles. The number of esters is 1. The summed E-state index contributed by atoms with van der Waals surface area (Å²) < 4.78 is 10.1. The fraction of sp³-hybridized carbons (Fsp3) is 0.500. The highest BCUT2D eigenvalue weighted by atomic mass is 16.6. The maximum Gasteiger partial charge on any atom is 0.326 e. The largest absolute Gasteiger partial charge is 0.480 e. The van der Waals surface area contributed by atoms with Crippen molar-refractivity contribution in [3.05, 3.63) is 23.7 Å². The topological polar surface area (TPSA) is 106 Å². The van der Waals surface area contributed by atoms with Crippen molar-refractivity contribution in [2.45, 2.75) is 45.8 Å². The molecule has 0 aliphatic rings. The molecule has 116 valence electrons. The summed E-state index contributed by atoms with van der Waals surface area (Å²) >= 11 is 0. The summed E-state index contributed by atoms with van der Waals surface area (Å²) in [5.74, 6) is -2.20. The minimum Gasteiger partial charge on any atom is -0.480 e. The minimum atomic E-state index is -1.38. The number of rotatable bonds is 5. The van der Waals surface area contributed by atoms with Crippen LogP contribution >= 0.6 is 0 Å². The minimum absolute atomic E-state index is 0.0112. The summed E-state index contributed by atoms with van der Waals surface area (Å²) in [6.07, 6.45) is -0.460. The van der Waals surface area contributed by atoms with Crippen LogP contribution in [0.15, 0.2) is 16.5 Å². The van der Waals surface area contributed by atoms with Gasteiger partial charge in [0.15, 0.2) is 5.76 Å². The smallest absolute Gasteiger partial charge is 0.326 e. The summed E-state index contributed by atoms with van der Waals surface area (Å²) in [6, 6.07) is 1.63. The van der Waals surface area contributed by atoms with Crippen LogP contribution in [-0.4, -0.2) is 34.6 Å². The molecule has 0 unspecified atom stereocenters. The number of hydrogen-bond acceptors (Lipinski definition) is 5. The first-order valence-corrected chi connectivity index (χ1v) is 6.40. The number of carboxylic acids is 1. The van der Waals surface area contributed by atoms with E-state index < -0.39 is 35.9 Å². The van der Waals surface area contributed by atoms with Crippen molar-refractivity contribution in [3.63, 3.8) is 0 Å². The number of carbonyl (C=O) groups is 3. The molecule has 0 spiro atoms. The third-order valence-corrected chi connectivity index (χ3v) is 2.36. The van der Waals surface area contributed by atoms with Crippen LogP contribution in [0.25, 0.3) is 0 Å². The van der Waals surface area contributed by atoms with Gasteiger partial charge in [-0.3, -0.25) is 9.59 Å². The second-order valence-electron chi connectivity index (χ2n) is 5.57. The van der Waals surface area contributed by atoms with Crippen LogP contribution in [0.3, 0.4) is 0 Å². The average molecular weight is 297 g/mol. The van der Waals surface area contributed by atoms with E-state index in [-0.39, 0.29) is 5.76 Å². The monoisotopic (exact) mass is 297 g/mol. The molecular formula is C14H19NO6. The Hall–Kier alpha value is -2.31. The Labute approximate surface area is 122 Å². The van der Waals surface area contributed by atoms with E-state index in [9.17, 15) is 14.4 Å². The van der Waals surface area contributed by atoms with Gasteiger partial charge >= 0.3 is 11.9 Å². The molecule has 7 nitrogen and oxygen atoms in total. The van der Waals surface area contributed by atoms with Crippen LogP contribution in [-0.2, 0) is 14.3 Å². The molecule has 0 bridgehead atoms. The van der Waals surface area contributed by atoms with Crippen LogP contribution in [0, 0.1) is 6.92 Å². The Morgan fingerprint density at radius 1 is 1.33 bits per heavy atom. The molecule has 21 heavy (non-hydrogen) atoms. The first-order chi connectivity index (χ1) is 9.58. The normalized spacial score (nSPS) is 12.6. The van der Waals surface area contributed by atoms with Crippen LogP contribution < -0.4 is 5.32 Å². The molecule has 0 aromatic carbocycles. The quantitative estimate of drug-likeness (QED) is 0.798. The van der Waals surface area contributed by atoms with Gasteiger partial charge in [-0.2, -0.15) is 0 Å². The Morgan fingerprint density at radius 2 is 1.95 bits per heavy atom. The van der Waals surface area contributed by atoms with Gasteiger partial charge in [-0.15, -0.1) is 0 Å². The van der Waals surface area contributed by atoms with Gasteiger partial charge in [0, 0.05) is 0 Å². The lowest BCUT2D eigenvalue weighted by molar-refractivity contribution is -0.158. The first-order valence-electron chi connectivity index (χ1n) is 6.40. The number of nitrogens with one attached hydrogen (secondary N) is 1. The van der Waals surface area contributed by atoms with Crippen molar-refractivity contribution in [1.82, 2.24) is 5.32 Å². The van der Waals surface area contributed by atoms with Gasteiger partial charge in [-0.1, -0.05) is 0 Å². The van der Waals surface area contributed by atoms with Crippen LogP contribution in [0.2, 0.25) is 0 Å². The molecule has 0 fully saturated rings. The molecule has 0 aliphatic heterocycles. The van der Waals surface area contributed by atoms with Crippen LogP contribution in [0.5, 0.6) is 0 Å². The SMILES string of the molecule is Cc1ccc(C(=O)N[C@@H](CC(=O)OC(C)(C)C)C(=O)O)o1. The van der Waals surface area contributed by atoms with Crippen LogP contribution in [0.4, 0.5) is 0 Å². The standard InChI is InChI=1S/C14H19NO6/c1-8-5-6-10(20-8)12(17)15-9(13(18)19)7-11(16)21-14(2,3)4/h5-6,9H,7H2,1-4H3,(H,15,17)(H,18,19)/t9-/m0/s1. The fourth-order valence-electron chi connectivity index (χ4n) is 1.54. The lowest BCUT2D eigenvalue weighted by atomic mass is 10.1. The maximum atomic E-state index is 11.8. The van der Waals surface area contributed by atoms with Crippen molar-refractivity contribution in [1.29, 1.82) is 0 Å². The van der Waals surface area contributed by atoms with Crippen molar-refractivity contribution >= 4 is 17.8 Å². The summed E-state index contributed by atoms with van der Waals surface area (Å²) in [7, 11) is 0. The van der Waals surface area contributed by atoms with E-state index in [1.165, 1.54) is 6.07 Å². The number of carbonyl (C=O) groups excluding carboxylic acids is 2. The van der Waals surface area contributed by atoms with E-state index in [1.807, 2.05) is 0 Å². The highest BCUT2D eigenvalue weighted by Gasteiger charge is 2.27. The molecule has 1 amide bonds. The predicted octanol–water partition coefficient (Wildman–Crippen LogP) is 1.50. The van der Waals surface area contributed by atoms with E-state index in [2.05, 4.69) is 5.32 Å². The van der Waals surface area contributed by atoms with Crippen molar-refractivity contribution in [2.75, 3.05) is 0 Å². The lowest BCUT2D eigenvalue weighted by Gasteiger charge is -2.21. The zero-order chi connectivity index (χ0) is 16.2. The summed E-state index contributed by atoms with van der Waals surface area (Å²) in [5.41, 5.74) is -0.720. The maximum absolute atomic E-state index is 11.8. The van der Waals surface area contributed by atoms with Gasteiger partial charge in [0.25, 0.3) is 5.91 Å². The molecule has 0 saturated carbocycles. The Balaban J connectivity index is 2.68. The highest BCUT2D eigenvalue weighted by Crippen LogP contribution is 2.11. The zero-order valence-electron chi connectivity index (χ0n) is 12.4. The molecule has 0 saturated heterocycles. The number of furan rings is 1. The number of amides is 1. The Morgan fingerprint density at radius 3 is 2.38 bits per heavy atom. The Bertz CT molecular complexity index is 540. The molecule has 1 heterocycles. The van der Waals surface area contributed by atoms with E-state index in [0.717, 1.165) is 0 Å². The van der Waals surface area contributed by atoms with Crippen LogP contribution in [0.1, 0.15) is 43.5 Å². The zero-order valence-corrected chi connectivity index (χ0v) is 12.4. The van der Waals surface area contributed by atoms with Crippen molar-refractivity contribution in [2.24, 2.45) is 0 Å². The third-order valence-electron chi connectivity index (χ3n) is 2.36. The molecule has 0 radical (unpaired) electrons. The summed E-state index contributed by atoms with van der Waals surface area (Å²) in [5, 5.41) is 11.3. The Kier molecular flexibility index (Phi) is 5.12. The highest BCUT2D eigenvalue weighted by molar-refractivity contribution is 5.95. The lowest BCUT2D eigenvalue weighted by Crippen LogP contribution is -2.43. The van der Waals surface area contributed by atoms with Gasteiger partial charge in [0.2, 0.25) is 0 Å². The van der Waals surface area contributed by atoms with Gasteiger partial charge in [-0.25, -0.2) is 4.79 Å². The second-order valence-corrected chi connectivity index (χ2v) is 5.57. The molecule has 1 aromatic rings. The van der Waals surface area contributed by atoms with Crippen molar-refractivity contribution < 1.29 is 28.6 Å². The number of aliphatic carboxylic acids is 1. The predicted molar refractivity (Wildman–Crippen MR) is 72.8 cm³/mol. The molecule has 0 aliphatic carbocycles. The van der Waals surface area contributed by atoms with E-state index in [4.69, 9.17) is 14.3 Å². The number of hydrogen-bond donors (Lipinski definition) is 2. The number of ether oxygens (including phenoxy) is 1. The molecule has 2 N–H and O–H groups in total. The van der Waals surface area contributed by atoms with E-state index >= 15 is 0 Å².